The number of carbonyl (C=O) groups is 1. The lowest BCUT2D eigenvalue weighted by Crippen LogP contribution is -2.24. The maximum absolute atomic E-state index is 12.2. The fourth-order valence-electron chi connectivity index (χ4n) is 2.39. The van der Waals surface area contributed by atoms with Gasteiger partial charge in [0.05, 0.1) is 7.11 Å². The van der Waals surface area contributed by atoms with E-state index in [2.05, 4.69) is 10.1 Å². The Balaban J connectivity index is 1.83. The van der Waals surface area contributed by atoms with Crippen molar-refractivity contribution in [2.45, 2.75) is 19.3 Å². The molecule has 0 N–H and O–H groups in total. The second kappa shape index (κ2) is 4.96. The first-order valence-electron chi connectivity index (χ1n) is 6.42. The van der Waals surface area contributed by atoms with Crippen LogP contribution < -0.4 is 9.64 Å². The molecular formula is C14H15N3O3. The third-order valence-corrected chi connectivity index (χ3v) is 3.40. The van der Waals surface area contributed by atoms with Gasteiger partial charge in [-0.2, -0.15) is 4.98 Å². The van der Waals surface area contributed by atoms with E-state index in [-0.39, 0.29) is 11.8 Å². The van der Waals surface area contributed by atoms with Crippen molar-refractivity contribution in [2.75, 3.05) is 18.6 Å². The van der Waals surface area contributed by atoms with Gasteiger partial charge in [0, 0.05) is 37.6 Å². The summed E-state index contributed by atoms with van der Waals surface area (Å²) >= 11 is 0. The SMILES string of the molecule is COc1cccc(N2CC(c3noc(C)n3)CC2=O)c1. The summed E-state index contributed by atoms with van der Waals surface area (Å²) in [4.78, 5) is 18.1. The molecule has 1 aromatic carbocycles. The van der Waals surface area contributed by atoms with E-state index in [1.54, 1.807) is 18.9 Å². The van der Waals surface area contributed by atoms with Crippen molar-refractivity contribution in [1.82, 2.24) is 10.1 Å². The van der Waals surface area contributed by atoms with E-state index in [0.29, 0.717) is 24.7 Å². The van der Waals surface area contributed by atoms with Gasteiger partial charge in [0.15, 0.2) is 5.82 Å². The highest BCUT2D eigenvalue weighted by atomic mass is 16.5. The van der Waals surface area contributed by atoms with Gasteiger partial charge in [-0.05, 0) is 12.1 Å². The molecule has 1 aliphatic rings. The average molecular weight is 273 g/mol. The Morgan fingerprint density at radius 1 is 1.45 bits per heavy atom. The molecule has 3 rings (SSSR count). The van der Waals surface area contributed by atoms with Crippen LogP contribution in [0.2, 0.25) is 0 Å². The minimum atomic E-state index is -0.0221. The number of aryl methyl sites for hydroxylation is 1. The van der Waals surface area contributed by atoms with Crippen LogP contribution in [0.25, 0.3) is 0 Å². The maximum Gasteiger partial charge on any atom is 0.227 e. The molecule has 0 spiro atoms. The zero-order valence-electron chi connectivity index (χ0n) is 11.4. The molecular weight excluding hydrogens is 258 g/mol. The highest BCUT2D eigenvalue weighted by molar-refractivity contribution is 5.96. The molecule has 1 saturated heterocycles. The first-order chi connectivity index (χ1) is 9.67. The van der Waals surface area contributed by atoms with Crippen LogP contribution in [0.4, 0.5) is 5.69 Å². The quantitative estimate of drug-likeness (QED) is 0.854. The lowest BCUT2D eigenvalue weighted by Gasteiger charge is -2.16. The number of rotatable bonds is 3. The lowest BCUT2D eigenvalue weighted by molar-refractivity contribution is -0.117. The Morgan fingerprint density at radius 3 is 3.00 bits per heavy atom. The summed E-state index contributed by atoms with van der Waals surface area (Å²) in [5, 5.41) is 3.90. The van der Waals surface area contributed by atoms with E-state index in [4.69, 9.17) is 9.26 Å². The largest absolute Gasteiger partial charge is 0.497 e. The van der Waals surface area contributed by atoms with Gasteiger partial charge in [-0.25, -0.2) is 0 Å². The number of hydrogen-bond donors (Lipinski definition) is 0. The Kier molecular flexibility index (Phi) is 3.14. The standard InChI is InChI=1S/C14H15N3O3/c1-9-15-14(16-20-9)10-6-13(18)17(8-10)11-4-3-5-12(7-11)19-2/h3-5,7,10H,6,8H2,1-2H3. The number of carbonyl (C=O) groups excluding carboxylic acids is 1. The number of aromatic nitrogens is 2. The predicted octanol–water partition coefficient (Wildman–Crippen LogP) is 1.91. The van der Waals surface area contributed by atoms with E-state index in [1.807, 2.05) is 24.3 Å². The van der Waals surface area contributed by atoms with Crippen LogP contribution in [0.15, 0.2) is 28.8 Å². The van der Waals surface area contributed by atoms with Crippen LogP contribution in [0.3, 0.4) is 0 Å². The minimum Gasteiger partial charge on any atom is -0.497 e. The van der Waals surface area contributed by atoms with Crippen molar-refractivity contribution in [2.24, 2.45) is 0 Å². The van der Waals surface area contributed by atoms with Crippen molar-refractivity contribution < 1.29 is 14.1 Å². The molecule has 20 heavy (non-hydrogen) atoms. The third kappa shape index (κ3) is 2.24. The summed E-state index contributed by atoms with van der Waals surface area (Å²) in [5.41, 5.74) is 0.831. The van der Waals surface area contributed by atoms with Gasteiger partial charge in [0.2, 0.25) is 11.8 Å². The maximum atomic E-state index is 12.2. The van der Waals surface area contributed by atoms with Gasteiger partial charge in [0.1, 0.15) is 5.75 Å². The Morgan fingerprint density at radius 2 is 2.30 bits per heavy atom. The molecule has 6 nitrogen and oxygen atoms in total. The number of methoxy groups -OCH3 is 1. The Labute approximate surface area is 116 Å². The van der Waals surface area contributed by atoms with Gasteiger partial charge in [-0.15, -0.1) is 0 Å². The number of nitrogens with zero attached hydrogens (tertiary/aromatic N) is 3. The van der Waals surface area contributed by atoms with Crippen LogP contribution in [-0.2, 0) is 4.79 Å². The smallest absolute Gasteiger partial charge is 0.227 e. The van der Waals surface area contributed by atoms with Crippen molar-refractivity contribution in [3.63, 3.8) is 0 Å². The molecule has 1 aliphatic heterocycles. The fourth-order valence-corrected chi connectivity index (χ4v) is 2.39. The predicted molar refractivity (Wildman–Crippen MR) is 71.7 cm³/mol. The summed E-state index contributed by atoms with van der Waals surface area (Å²) in [6.07, 6.45) is 0.399. The average Bonchev–Trinajstić information content (AvgIpc) is 3.05. The van der Waals surface area contributed by atoms with E-state index in [0.717, 1.165) is 11.4 Å². The third-order valence-electron chi connectivity index (χ3n) is 3.40. The molecule has 2 heterocycles. The van der Waals surface area contributed by atoms with Crippen LogP contribution in [-0.4, -0.2) is 29.7 Å². The fraction of sp³-hybridized carbons (Fsp3) is 0.357. The Bertz CT molecular complexity index is 638. The van der Waals surface area contributed by atoms with Crippen molar-refractivity contribution in [3.8, 4) is 5.75 Å². The highest BCUT2D eigenvalue weighted by Gasteiger charge is 2.34. The molecule has 1 unspecified atom stereocenters. The molecule has 1 amide bonds. The van der Waals surface area contributed by atoms with Crippen LogP contribution >= 0.6 is 0 Å². The monoisotopic (exact) mass is 273 g/mol. The van der Waals surface area contributed by atoms with E-state index in [9.17, 15) is 4.79 Å². The highest BCUT2D eigenvalue weighted by Crippen LogP contribution is 2.31. The summed E-state index contributed by atoms with van der Waals surface area (Å²) in [5.74, 6) is 1.89. The summed E-state index contributed by atoms with van der Waals surface area (Å²) < 4.78 is 10.2. The number of benzene rings is 1. The molecule has 1 aromatic heterocycles. The van der Waals surface area contributed by atoms with Crippen LogP contribution in [0, 0.1) is 6.92 Å². The molecule has 6 heteroatoms. The molecule has 2 aromatic rings. The molecule has 0 saturated carbocycles. The lowest BCUT2D eigenvalue weighted by atomic mass is 10.1. The first kappa shape index (κ1) is 12.7. The van der Waals surface area contributed by atoms with E-state index in [1.165, 1.54) is 0 Å². The van der Waals surface area contributed by atoms with Gasteiger partial charge in [0.25, 0.3) is 0 Å². The van der Waals surface area contributed by atoms with Crippen molar-refractivity contribution in [3.05, 3.63) is 36.0 Å². The van der Waals surface area contributed by atoms with Gasteiger partial charge in [-0.3, -0.25) is 4.79 Å². The van der Waals surface area contributed by atoms with Gasteiger partial charge >= 0.3 is 0 Å². The zero-order valence-corrected chi connectivity index (χ0v) is 11.4. The zero-order chi connectivity index (χ0) is 14.1. The topological polar surface area (TPSA) is 68.5 Å². The van der Waals surface area contributed by atoms with Gasteiger partial charge < -0.3 is 14.2 Å². The molecule has 0 bridgehead atoms. The normalized spacial score (nSPS) is 18.6. The van der Waals surface area contributed by atoms with E-state index >= 15 is 0 Å². The second-order valence-corrected chi connectivity index (χ2v) is 4.78. The van der Waals surface area contributed by atoms with Gasteiger partial charge in [-0.1, -0.05) is 11.2 Å². The summed E-state index contributed by atoms with van der Waals surface area (Å²) in [7, 11) is 1.61. The number of anilines is 1. The molecule has 1 atom stereocenters. The summed E-state index contributed by atoms with van der Waals surface area (Å²) in [6.45, 7) is 2.30. The molecule has 1 fully saturated rings. The first-order valence-corrected chi connectivity index (χ1v) is 6.42. The Hall–Kier alpha value is -2.37. The second-order valence-electron chi connectivity index (χ2n) is 4.78. The minimum absolute atomic E-state index is 0.0221. The number of hydrogen-bond acceptors (Lipinski definition) is 5. The number of amides is 1. The van der Waals surface area contributed by atoms with Crippen molar-refractivity contribution >= 4 is 11.6 Å². The number of ether oxygens (including phenoxy) is 1. The summed E-state index contributed by atoms with van der Waals surface area (Å²) in [6, 6.07) is 7.46. The molecule has 0 radical (unpaired) electrons. The van der Waals surface area contributed by atoms with Crippen LogP contribution in [0.1, 0.15) is 24.1 Å². The van der Waals surface area contributed by atoms with Crippen LogP contribution in [0.5, 0.6) is 5.75 Å². The van der Waals surface area contributed by atoms with E-state index < -0.39 is 0 Å². The molecule has 0 aliphatic carbocycles. The van der Waals surface area contributed by atoms with Crippen molar-refractivity contribution in [1.29, 1.82) is 0 Å². The molecule has 104 valence electrons.